The van der Waals surface area contributed by atoms with Gasteiger partial charge in [0.1, 0.15) is 5.76 Å². The van der Waals surface area contributed by atoms with E-state index in [1.165, 1.54) is 0 Å². The number of allylic oxidation sites excluding steroid dienone is 1. The summed E-state index contributed by atoms with van der Waals surface area (Å²) in [6.45, 7) is 0.296. The normalized spacial score (nSPS) is 14.9. The van der Waals surface area contributed by atoms with E-state index in [-0.39, 0.29) is 25.1 Å². The minimum absolute atomic E-state index is 0.144. The van der Waals surface area contributed by atoms with Crippen molar-refractivity contribution in [3.8, 4) is 23.0 Å². The number of fused-ring (bicyclic) bond motifs is 2. The van der Waals surface area contributed by atoms with Crippen molar-refractivity contribution in [1.29, 1.82) is 0 Å². The Morgan fingerprint density at radius 3 is 2.00 bits per heavy atom. The van der Waals surface area contributed by atoms with E-state index in [4.69, 9.17) is 18.9 Å². The zero-order valence-electron chi connectivity index (χ0n) is 11.9. The number of rotatable bonds is 3. The summed E-state index contributed by atoms with van der Waals surface area (Å²) in [5.74, 6) is 1.79. The van der Waals surface area contributed by atoms with Crippen molar-refractivity contribution in [2.45, 2.75) is 0 Å². The van der Waals surface area contributed by atoms with E-state index >= 15 is 0 Å². The Morgan fingerprint density at radius 2 is 1.35 bits per heavy atom. The zero-order chi connectivity index (χ0) is 15.8. The van der Waals surface area contributed by atoms with Gasteiger partial charge >= 0.3 is 0 Å². The van der Waals surface area contributed by atoms with Gasteiger partial charge in [0.2, 0.25) is 13.6 Å². The number of aliphatic hydroxyl groups is 1. The average Bonchev–Trinajstić information content (AvgIpc) is 3.21. The quantitative estimate of drug-likeness (QED) is 0.533. The Morgan fingerprint density at radius 1 is 0.826 bits per heavy atom. The first kappa shape index (κ1) is 13.5. The lowest BCUT2D eigenvalue weighted by atomic mass is 10.1. The van der Waals surface area contributed by atoms with Crippen molar-refractivity contribution < 1.29 is 28.8 Å². The van der Waals surface area contributed by atoms with E-state index < -0.39 is 0 Å². The molecule has 0 amide bonds. The maximum absolute atomic E-state index is 12.3. The van der Waals surface area contributed by atoms with Crippen LogP contribution in [0.4, 0.5) is 0 Å². The molecule has 0 unspecified atom stereocenters. The standard InChI is InChI=1S/C17H12O6/c18-12(10-1-3-14-16(5-10)22-8-20-14)7-13(19)11-2-4-15-17(6-11)23-9-21-15/h1-7,18H,8-9H2. The third-order valence-electron chi connectivity index (χ3n) is 3.59. The molecule has 2 aliphatic heterocycles. The van der Waals surface area contributed by atoms with Crippen molar-refractivity contribution in [3.05, 3.63) is 53.6 Å². The molecule has 0 saturated carbocycles. The van der Waals surface area contributed by atoms with E-state index in [0.29, 0.717) is 34.1 Å². The number of hydrogen-bond donors (Lipinski definition) is 1. The number of ketones is 1. The molecule has 0 spiro atoms. The van der Waals surface area contributed by atoms with Gasteiger partial charge in [-0.1, -0.05) is 0 Å². The Balaban J connectivity index is 1.60. The van der Waals surface area contributed by atoms with Crippen LogP contribution in [0.25, 0.3) is 5.76 Å². The molecule has 0 atom stereocenters. The fourth-order valence-corrected chi connectivity index (χ4v) is 2.40. The second-order valence-electron chi connectivity index (χ2n) is 5.03. The molecule has 1 N–H and O–H groups in total. The molecule has 0 aromatic heterocycles. The van der Waals surface area contributed by atoms with Crippen LogP contribution in [0.3, 0.4) is 0 Å². The third kappa shape index (κ3) is 2.44. The highest BCUT2D eigenvalue weighted by molar-refractivity contribution is 6.08. The first-order valence-electron chi connectivity index (χ1n) is 6.95. The van der Waals surface area contributed by atoms with E-state index in [1.54, 1.807) is 36.4 Å². The molecule has 116 valence electrons. The summed E-state index contributed by atoms with van der Waals surface area (Å²) in [5.41, 5.74) is 0.880. The SMILES string of the molecule is O=C(C=C(O)c1ccc2c(c1)OCO2)c1ccc2c(c1)OCO2. The summed E-state index contributed by atoms with van der Waals surface area (Å²) >= 11 is 0. The molecule has 6 nitrogen and oxygen atoms in total. The summed E-state index contributed by atoms with van der Waals surface area (Å²) in [4.78, 5) is 12.3. The smallest absolute Gasteiger partial charge is 0.231 e. The van der Waals surface area contributed by atoms with Gasteiger partial charge in [-0.25, -0.2) is 0 Å². The van der Waals surface area contributed by atoms with Gasteiger partial charge in [-0.3, -0.25) is 4.79 Å². The molecule has 0 aliphatic carbocycles. The Bertz CT molecular complexity index is 824. The summed E-state index contributed by atoms with van der Waals surface area (Å²) in [7, 11) is 0. The van der Waals surface area contributed by atoms with Crippen LogP contribution in [-0.4, -0.2) is 24.5 Å². The van der Waals surface area contributed by atoms with Gasteiger partial charge in [0.05, 0.1) is 0 Å². The molecule has 4 rings (SSSR count). The number of carbonyl (C=O) groups excluding carboxylic acids is 1. The van der Waals surface area contributed by atoms with Crippen molar-refractivity contribution in [1.82, 2.24) is 0 Å². The molecule has 0 saturated heterocycles. The minimum atomic E-state index is -0.335. The van der Waals surface area contributed by atoms with Gasteiger partial charge in [-0.2, -0.15) is 0 Å². The number of aliphatic hydroxyl groups excluding tert-OH is 1. The Labute approximate surface area is 131 Å². The highest BCUT2D eigenvalue weighted by atomic mass is 16.7. The van der Waals surface area contributed by atoms with Gasteiger partial charge in [-0.15, -0.1) is 0 Å². The highest BCUT2D eigenvalue weighted by Crippen LogP contribution is 2.35. The summed E-state index contributed by atoms with van der Waals surface area (Å²) in [6, 6.07) is 9.86. The fourth-order valence-electron chi connectivity index (χ4n) is 2.40. The minimum Gasteiger partial charge on any atom is -0.507 e. The Hall–Kier alpha value is -3.15. The van der Waals surface area contributed by atoms with Crippen LogP contribution >= 0.6 is 0 Å². The average molecular weight is 312 g/mol. The molecule has 2 aromatic rings. The van der Waals surface area contributed by atoms with Crippen molar-refractivity contribution >= 4 is 11.5 Å². The predicted molar refractivity (Wildman–Crippen MR) is 80.1 cm³/mol. The molecule has 0 radical (unpaired) electrons. The van der Waals surface area contributed by atoms with Gasteiger partial charge < -0.3 is 24.1 Å². The molecule has 2 aromatic carbocycles. The van der Waals surface area contributed by atoms with Crippen LogP contribution in [0, 0.1) is 0 Å². The number of carbonyl (C=O) groups is 1. The monoisotopic (exact) mass is 312 g/mol. The maximum atomic E-state index is 12.3. The van der Waals surface area contributed by atoms with E-state index in [9.17, 15) is 9.90 Å². The Kier molecular flexibility index (Phi) is 3.08. The molecule has 2 aliphatic rings. The molecular formula is C17H12O6. The van der Waals surface area contributed by atoms with Gasteiger partial charge in [0.25, 0.3) is 0 Å². The highest BCUT2D eigenvalue weighted by Gasteiger charge is 2.17. The molecule has 0 fully saturated rings. The molecule has 23 heavy (non-hydrogen) atoms. The first-order chi connectivity index (χ1) is 11.2. The van der Waals surface area contributed by atoms with Crippen molar-refractivity contribution in [2.24, 2.45) is 0 Å². The largest absolute Gasteiger partial charge is 0.507 e. The van der Waals surface area contributed by atoms with Crippen LogP contribution in [0.1, 0.15) is 15.9 Å². The molecule has 2 heterocycles. The second kappa shape index (κ2) is 5.24. The predicted octanol–water partition coefficient (Wildman–Crippen LogP) is 2.93. The van der Waals surface area contributed by atoms with Crippen LogP contribution in [0.5, 0.6) is 23.0 Å². The van der Waals surface area contributed by atoms with Crippen molar-refractivity contribution in [2.75, 3.05) is 13.6 Å². The maximum Gasteiger partial charge on any atom is 0.231 e. The fraction of sp³-hybridized carbons (Fsp3) is 0.118. The van der Waals surface area contributed by atoms with Crippen LogP contribution < -0.4 is 18.9 Å². The lowest BCUT2D eigenvalue weighted by Gasteiger charge is -2.03. The lowest BCUT2D eigenvalue weighted by Crippen LogP contribution is -1.97. The second-order valence-corrected chi connectivity index (χ2v) is 5.03. The van der Waals surface area contributed by atoms with Gasteiger partial charge in [0, 0.05) is 17.2 Å². The van der Waals surface area contributed by atoms with Crippen molar-refractivity contribution in [3.63, 3.8) is 0 Å². The van der Waals surface area contributed by atoms with Crippen LogP contribution in [0.15, 0.2) is 42.5 Å². The third-order valence-corrected chi connectivity index (χ3v) is 3.59. The molecular weight excluding hydrogens is 300 g/mol. The van der Waals surface area contributed by atoms with E-state index in [1.807, 2.05) is 0 Å². The molecule has 6 heteroatoms. The summed E-state index contributed by atoms with van der Waals surface area (Å²) in [5, 5.41) is 10.2. The van der Waals surface area contributed by atoms with E-state index in [2.05, 4.69) is 0 Å². The topological polar surface area (TPSA) is 74.2 Å². The lowest BCUT2D eigenvalue weighted by molar-refractivity contribution is 0.104. The molecule has 0 bridgehead atoms. The summed E-state index contributed by atoms with van der Waals surface area (Å²) < 4.78 is 20.9. The van der Waals surface area contributed by atoms with Gasteiger partial charge in [0.15, 0.2) is 28.8 Å². The number of ether oxygens (including phenoxy) is 4. The number of benzene rings is 2. The van der Waals surface area contributed by atoms with E-state index in [0.717, 1.165) is 6.08 Å². The van der Waals surface area contributed by atoms with Gasteiger partial charge in [-0.05, 0) is 36.4 Å². The first-order valence-corrected chi connectivity index (χ1v) is 6.95. The van der Waals surface area contributed by atoms with Crippen LogP contribution in [-0.2, 0) is 0 Å². The summed E-state index contributed by atoms with van der Waals surface area (Å²) in [6.07, 6.45) is 1.16. The zero-order valence-corrected chi connectivity index (χ0v) is 11.9. The van der Waals surface area contributed by atoms with Crippen LogP contribution in [0.2, 0.25) is 0 Å². The number of hydrogen-bond acceptors (Lipinski definition) is 6.